The molecule has 1 aliphatic carbocycles. The fraction of sp³-hybridized carbons (Fsp3) is 0.389. The van der Waals surface area contributed by atoms with Crippen molar-refractivity contribution in [3.05, 3.63) is 53.5 Å². The highest BCUT2D eigenvalue weighted by Gasteiger charge is 2.37. The van der Waals surface area contributed by atoms with Crippen LogP contribution < -0.4 is 9.46 Å². The lowest BCUT2D eigenvalue weighted by Crippen LogP contribution is -2.41. The highest BCUT2D eigenvalue weighted by molar-refractivity contribution is 7.89. The van der Waals surface area contributed by atoms with E-state index in [2.05, 4.69) is 9.71 Å². The van der Waals surface area contributed by atoms with Crippen LogP contribution in [-0.2, 0) is 10.0 Å². The number of nitrogens with zero attached hydrogens (tertiary/aromatic N) is 1. The first-order valence-corrected chi connectivity index (χ1v) is 9.75. The summed E-state index contributed by atoms with van der Waals surface area (Å²) in [5, 5.41) is 9.63. The number of halogens is 1. The average Bonchev–Trinajstić information content (AvgIpc) is 2.59. The van der Waals surface area contributed by atoms with E-state index >= 15 is 0 Å². The number of aliphatic hydroxyl groups excluding tert-OH is 1. The minimum absolute atomic E-state index is 0.0659. The van der Waals surface area contributed by atoms with E-state index in [9.17, 15) is 17.9 Å². The van der Waals surface area contributed by atoms with E-state index in [1.54, 1.807) is 25.3 Å². The van der Waals surface area contributed by atoms with Crippen LogP contribution in [0.4, 0.5) is 4.39 Å². The van der Waals surface area contributed by atoms with Crippen molar-refractivity contribution in [3.8, 4) is 5.88 Å². The standard InChI is InChI=1S/C18H21FN2O4S/c1-11-3-5-14(19)9-16(11)26(23,24)21-18(13-7-15(22)8-13)12-4-6-17(25-2)20-10-12/h3-6,9-10,13,15,18,21-22H,7-8H2,1-2H3. The van der Waals surface area contributed by atoms with E-state index < -0.39 is 28.0 Å². The summed E-state index contributed by atoms with van der Waals surface area (Å²) in [6, 6.07) is 6.49. The number of sulfonamides is 1. The number of benzene rings is 1. The lowest BCUT2D eigenvalue weighted by Gasteiger charge is -2.38. The molecule has 0 aliphatic heterocycles. The van der Waals surface area contributed by atoms with Crippen LogP contribution in [0, 0.1) is 18.7 Å². The van der Waals surface area contributed by atoms with Crippen molar-refractivity contribution >= 4 is 10.0 Å². The molecule has 1 aliphatic rings. The third-order valence-electron chi connectivity index (χ3n) is 4.67. The fourth-order valence-electron chi connectivity index (χ4n) is 3.13. The molecule has 3 rings (SSSR count). The molecule has 1 saturated carbocycles. The van der Waals surface area contributed by atoms with E-state index in [1.165, 1.54) is 19.2 Å². The first-order valence-electron chi connectivity index (χ1n) is 8.26. The molecular weight excluding hydrogens is 359 g/mol. The Kier molecular flexibility index (Phi) is 5.27. The summed E-state index contributed by atoms with van der Waals surface area (Å²) in [5.74, 6) is -0.258. The summed E-state index contributed by atoms with van der Waals surface area (Å²) < 4.78 is 47.0. The molecule has 0 spiro atoms. The van der Waals surface area contributed by atoms with Gasteiger partial charge < -0.3 is 9.84 Å². The van der Waals surface area contributed by atoms with E-state index in [0.717, 1.165) is 6.07 Å². The Morgan fingerprint density at radius 3 is 2.62 bits per heavy atom. The van der Waals surface area contributed by atoms with Crippen LogP contribution in [0.2, 0.25) is 0 Å². The third-order valence-corrected chi connectivity index (χ3v) is 6.25. The predicted molar refractivity (Wildman–Crippen MR) is 93.7 cm³/mol. The van der Waals surface area contributed by atoms with Gasteiger partial charge >= 0.3 is 0 Å². The van der Waals surface area contributed by atoms with Gasteiger partial charge in [0, 0.05) is 12.3 Å². The monoisotopic (exact) mass is 380 g/mol. The number of hydrogen-bond acceptors (Lipinski definition) is 5. The normalized spacial score (nSPS) is 21.1. The second-order valence-electron chi connectivity index (χ2n) is 6.53. The highest BCUT2D eigenvalue weighted by atomic mass is 32.2. The summed E-state index contributed by atoms with van der Waals surface area (Å²) in [5.41, 5.74) is 1.12. The van der Waals surface area contributed by atoms with Crippen LogP contribution >= 0.6 is 0 Å². The molecule has 140 valence electrons. The van der Waals surface area contributed by atoms with E-state index in [-0.39, 0.29) is 10.8 Å². The fourth-order valence-corrected chi connectivity index (χ4v) is 4.68. The zero-order valence-corrected chi connectivity index (χ0v) is 15.3. The molecule has 2 aromatic rings. The van der Waals surface area contributed by atoms with Gasteiger partial charge in [0.15, 0.2) is 0 Å². The zero-order valence-electron chi connectivity index (χ0n) is 14.5. The molecule has 1 fully saturated rings. The summed E-state index contributed by atoms with van der Waals surface area (Å²) in [6.07, 6.45) is 2.09. The highest BCUT2D eigenvalue weighted by Crippen LogP contribution is 2.39. The predicted octanol–water partition coefficient (Wildman–Crippen LogP) is 2.33. The van der Waals surface area contributed by atoms with Crippen molar-refractivity contribution in [2.24, 2.45) is 5.92 Å². The number of methoxy groups -OCH3 is 1. The van der Waals surface area contributed by atoms with Gasteiger partial charge in [-0.25, -0.2) is 22.5 Å². The Balaban J connectivity index is 1.93. The first kappa shape index (κ1) is 18.8. The largest absolute Gasteiger partial charge is 0.481 e. The van der Waals surface area contributed by atoms with Gasteiger partial charge in [0.1, 0.15) is 5.82 Å². The Morgan fingerprint density at radius 2 is 2.04 bits per heavy atom. The molecule has 6 nitrogen and oxygen atoms in total. The van der Waals surface area contributed by atoms with E-state index in [1.807, 2.05) is 0 Å². The van der Waals surface area contributed by atoms with Crippen molar-refractivity contribution in [3.63, 3.8) is 0 Å². The van der Waals surface area contributed by atoms with Gasteiger partial charge in [-0.2, -0.15) is 0 Å². The van der Waals surface area contributed by atoms with Crippen LogP contribution in [0.3, 0.4) is 0 Å². The molecule has 1 aromatic heterocycles. The maximum Gasteiger partial charge on any atom is 0.241 e. The molecule has 26 heavy (non-hydrogen) atoms. The Morgan fingerprint density at radius 1 is 1.31 bits per heavy atom. The van der Waals surface area contributed by atoms with Crippen molar-refractivity contribution < 1.29 is 22.7 Å². The van der Waals surface area contributed by atoms with Gasteiger partial charge in [-0.15, -0.1) is 0 Å². The Hall–Kier alpha value is -2.03. The van der Waals surface area contributed by atoms with Gasteiger partial charge in [0.2, 0.25) is 15.9 Å². The van der Waals surface area contributed by atoms with Crippen LogP contribution in [0.5, 0.6) is 5.88 Å². The molecule has 1 aromatic carbocycles. The second-order valence-corrected chi connectivity index (χ2v) is 8.21. The number of pyridine rings is 1. The van der Waals surface area contributed by atoms with Gasteiger partial charge in [-0.1, -0.05) is 12.1 Å². The summed E-state index contributed by atoms with van der Waals surface area (Å²) in [7, 11) is -2.45. The number of rotatable bonds is 6. The van der Waals surface area contributed by atoms with Crippen LogP contribution in [0.1, 0.15) is 30.0 Å². The number of nitrogens with one attached hydrogen (secondary N) is 1. The van der Waals surface area contributed by atoms with Crippen molar-refractivity contribution in [2.75, 3.05) is 7.11 Å². The van der Waals surface area contributed by atoms with Gasteiger partial charge in [0.25, 0.3) is 0 Å². The SMILES string of the molecule is COc1ccc(C(NS(=O)(=O)c2cc(F)ccc2C)C2CC(O)C2)cn1. The number of aliphatic hydroxyl groups is 1. The van der Waals surface area contributed by atoms with Gasteiger partial charge in [-0.05, 0) is 48.9 Å². The first-order chi connectivity index (χ1) is 12.3. The minimum Gasteiger partial charge on any atom is -0.481 e. The van der Waals surface area contributed by atoms with Crippen LogP contribution in [0.25, 0.3) is 0 Å². The number of aromatic nitrogens is 1. The Labute approximate surface area is 152 Å². The summed E-state index contributed by atoms with van der Waals surface area (Å²) in [6.45, 7) is 1.62. The maximum atomic E-state index is 13.6. The van der Waals surface area contributed by atoms with Crippen molar-refractivity contribution in [1.29, 1.82) is 0 Å². The number of hydrogen-bond donors (Lipinski definition) is 2. The second kappa shape index (κ2) is 7.30. The molecule has 0 radical (unpaired) electrons. The van der Waals surface area contributed by atoms with Crippen molar-refractivity contribution in [2.45, 2.75) is 36.8 Å². The molecular formula is C18H21FN2O4S. The van der Waals surface area contributed by atoms with E-state index in [0.29, 0.717) is 29.8 Å². The van der Waals surface area contributed by atoms with Crippen LogP contribution in [-0.4, -0.2) is 31.7 Å². The van der Waals surface area contributed by atoms with Gasteiger partial charge in [-0.3, -0.25) is 0 Å². The molecule has 1 unspecified atom stereocenters. The van der Waals surface area contributed by atoms with Crippen LogP contribution in [0.15, 0.2) is 41.4 Å². The molecule has 8 heteroatoms. The quantitative estimate of drug-likeness (QED) is 0.803. The Bertz CT molecular complexity index is 881. The third kappa shape index (κ3) is 3.87. The maximum absolute atomic E-state index is 13.6. The lowest BCUT2D eigenvalue weighted by molar-refractivity contribution is 0.0279. The topological polar surface area (TPSA) is 88.5 Å². The number of ether oxygens (including phenoxy) is 1. The molecule has 0 amide bonds. The number of aryl methyl sites for hydroxylation is 1. The molecule has 1 heterocycles. The van der Waals surface area contributed by atoms with E-state index in [4.69, 9.17) is 4.74 Å². The smallest absolute Gasteiger partial charge is 0.241 e. The minimum atomic E-state index is -3.95. The molecule has 1 atom stereocenters. The zero-order chi connectivity index (χ0) is 18.9. The summed E-state index contributed by atoms with van der Waals surface area (Å²) in [4.78, 5) is 4.04. The lowest BCUT2D eigenvalue weighted by atomic mass is 9.76. The molecule has 2 N–H and O–H groups in total. The van der Waals surface area contributed by atoms with Gasteiger partial charge in [0.05, 0.1) is 24.2 Å². The van der Waals surface area contributed by atoms with Crippen molar-refractivity contribution in [1.82, 2.24) is 9.71 Å². The summed E-state index contributed by atoms with van der Waals surface area (Å²) >= 11 is 0. The molecule has 0 saturated heterocycles. The molecule has 0 bridgehead atoms. The average molecular weight is 380 g/mol.